The van der Waals surface area contributed by atoms with Crippen molar-refractivity contribution in [3.63, 3.8) is 0 Å². The van der Waals surface area contributed by atoms with Crippen molar-refractivity contribution in [1.29, 1.82) is 0 Å². The van der Waals surface area contributed by atoms with Crippen LogP contribution in [0.25, 0.3) is 0 Å². The van der Waals surface area contributed by atoms with Gasteiger partial charge >= 0.3 is 0 Å². The maximum Gasteiger partial charge on any atom is 0.274 e. The zero-order valence-electron chi connectivity index (χ0n) is 15.7. The minimum absolute atomic E-state index is 0.261. The zero-order valence-corrected chi connectivity index (χ0v) is 15.7. The molecule has 7 heteroatoms. The molecule has 1 aliphatic rings. The van der Waals surface area contributed by atoms with E-state index in [9.17, 15) is 4.79 Å². The summed E-state index contributed by atoms with van der Waals surface area (Å²) < 4.78 is 11.0. The van der Waals surface area contributed by atoms with Crippen molar-refractivity contribution in [3.05, 3.63) is 65.6 Å². The topological polar surface area (TPSA) is 85.4 Å². The third-order valence-electron chi connectivity index (χ3n) is 4.34. The van der Waals surface area contributed by atoms with E-state index in [1.54, 1.807) is 24.3 Å². The summed E-state index contributed by atoms with van der Waals surface area (Å²) >= 11 is 0. The fourth-order valence-corrected chi connectivity index (χ4v) is 2.96. The Hall–Kier alpha value is -3.61. The van der Waals surface area contributed by atoms with Crippen molar-refractivity contribution < 1.29 is 14.3 Å². The van der Waals surface area contributed by atoms with Crippen LogP contribution in [0.4, 0.5) is 17.2 Å². The van der Waals surface area contributed by atoms with Gasteiger partial charge in [0.1, 0.15) is 31.1 Å². The van der Waals surface area contributed by atoms with Crippen LogP contribution in [0, 0.1) is 13.8 Å². The van der Waals surface area contributed by atoms with Gasteiger partial charge in [-0.05, 0) is 37.6 Å². The highest BCUT2D eigenvalue weighted by molar-refractivity contribution is 6.03. The Bertz CT molecular complexity index is 1040. The van der Waals surface area contributed by atoms with E-state index in [-0.39, 0.29) is 11.6 Å². The Labute approximate surface area is 162 Å². The monoisotopic (exact) mass is 376 g/mol. The Kier molecular flexibility index (Phi) is 4.80. The molecule has 3 aromatic rings. The summed E-state index contributed by atoms with van der Waals surface area (Å²) in [6, 6.07) is 13.0. The Balaban J connectivity index is 1.50. The normalized spacial score (nSPS) is 12.4. The maximum absolute atomic E-state index is 12.6. The van der Waals surface area contributed by atoms with E-state index in [0.29, 0.717) is 36.2 Å². The number of anilines is 3. The second-order valence-corrected chi connectivity index (χ2v) is 6.54. The molecule has 0 bridgehead atoms. The van der Waals surface area contributed by atoms with Crippen molar-refractivity contribution in [2.24, 2.45) is 0 Å². The number of aryl methyl sites for hydroxylation is 2. The molecule has 1 amide bonds. The molecule has 0 saturated heterocycles. The molecule has 2 N–H and O–H groups in total. The molecule has 1 aromatic heterocycles. The number of nitrogens with one attached hydrogen (secondary N) is 2. The lowest BCUT2D eigenvalue weighted by atomic mass is 10.1. The summed E-state index contributed by atoms with van der Waals surface area (Å²) in [4.78, 5) is 20.9. The second kappa shape index (κ2) is 7.56. The van der Waals surface area contributed by atoms with Gasteiger partial charge in [0.15, 0.2) is 11.5 Å². The van der Waals surface area contributed by atoms with E-state index in [1.807, 2.05) is 26.0 Å². The summed E-state index contributed by atoms with van der Waals surface area (Å²) in [7, 11) is 0. The van der Waals surface area contributed by atoms with E-state index in [2.05, 4.69) is 26.7 Å². The van der Waals surface area contributed by atoms with Crippen LogP contribution in [0.2, 0.25) is 0 Å². The summed E-state index contributed by atoms with van der Waals surface area (Å²) in [5, 5.41) is 6.06. The Morgan fingerprint density at radius 1 is 0.964 bits per heavy atom. The molecule has 2 aromatic carbocycles. The first-order valence-electron chi connectivity index (χ1n) is 8.96. The third kappa shape index (κ3) is 3.88. The molecule has 0 aliphatic carbocycles. The first-order valence-corrected chi connectivity index (χ1v) is 8.96. The molecular formula is C21H20N4O3. The molecule has 2 heterocycles. The fourth-order valence-electron chi connectivity index (χ4n) is 2.96. The highest BCUT2D eigenvalue weighted by Crippen LogP contribution is 2.32. The van der Waals surface area contributed by atoms with Crippen LogP contribution in [0.3, 0.4) is 0 Å². The summed E-state index contributed by atoms with van der Waals surface area (Å²) in [6.45, 7) is 5.08. The average Bonchev–Trinajstić information content (AvgIpc) is 2.70. The predicted octanol–water partition coefficient (Wildman–Crippen LogP) is 3.86. The third-order valence-corrected chi connectivity index (χ3v) is 4.34. The first-order chi connectivity index (χ1) is 13.6. The number of amides is 1. The van der Waals surface area contributed by atoms with Crippen LogP contribution in [-0.4, -0.2) is 29.1 Å². The van der Waals surface area contributed by atoms with Gasteiger partial charge in [-0.1, -0.05) is 17.7 Å². The standard InChI is InChI=1S/C21H20N4O3/c1-13-3-5-16(14(2)9-13)25-20-11-17(22-12-23-20)21(26)24-15-4-6-18-19(10-15)28-8-7-27-18/h3-6,9-12H,7-8H2,1-2H3,(H,24,26)(H,22,23,25). The van der Waals surface area contributed by atoms with Gasteiger partial charge in [0.25, 0.3) is 5.91 Å². The van der Waals surface area contributed by atoms with Crippen LogP contribution in [0.15, 0.2) is 48.8 Å². The van der Waals surface area contributed by atoms with E-state index in [4.69, 9.17) is 9.47 Å². The zero-order chi connectivity index (χ0) is 19.5. The van der Waals surface area contributed by atoms with Gasteiger partial charge in [0, 0.05) is 23.5 Å². The average molecular weight is 376 g/mol. The Morgan fingerprint density at radius 3 is 2.61 bits per heavy atom. The van der Waals surface area contributed by atoms with Crippen LogP contribution in [-0.2, 0) is 0 Å². The van der Waals surface area contributed by atoms with Crippen molar-refractivity contribution in [2.45, 2.75) is 13.8 Å². The molecular weight excluding hydrogens is 356 g/mol. The maximum atomic E-state index is 12.6. The SMILES string of the molecule is Cc1ccc(Nc2cc(C(=O)Nc3ccc4c(c3)OCCO4)ncn2)c(C)c1. The molecule has 0 radical (unpaired) electrons. The number of nitrogens with zero attached hydrogens (tertiary/aromatic N) is 2. The number of aromatic nitrogens is 2. The quantitative estimate of drug-likeness (QED) is 0.719. The fraction of sp³-hybridized carbons (Fsp3) is 0.190. The highest BCUT2D eigenvalue weighted by Gasteiger charge is 2.14. The second-order valence-electron chi connectivity index (χ2n) is 6.54. The van der Waals surface area contributed by atoms with Crippen LogP contribution in [0.5, 0.6) is 11.5 Å². The Morgan fingerprint density at radius 2 is 1.79 bits per heavy atom. The van der Waals surface area contributed by atoms with Gasteiger partial charge in [-0.3, -0.25) is 4.79 Å². The first kappa shape index (κ1) is 17.8. The minimum atomic E-state index is -0.331. The lowest BCUT2D eigenvalue weighted by Gasteiger charge is -2.19. The summed E-state index contributed by atoms with van der Waals surface area (Å²) in [5.41, 5.74) is 4.09. The molecule has 28 heavy (non-hydrogen) atoms. The number of benzene rings is 2. The smallest absolute Gasteiger partial charge is 0.274 e. The van der Waals surface area contributed by atoms with Crippen molar-refractivity contribution in [2.75, 3.05) is 23.8 Å². The molecule has 1 aliphatic heterocycles. The van der Waals surface area contributed by atoms with Gasteiger partial charge < -0.3 is 20.1 Å². The van der Waals surface area contributed by atoms with Crippen LogP contribution < -0.4 is 20.1 Å². The number of ether oxygens (including phenoxy) is 2. The van der Waals surface area contributed by atoms with Crippen LogP contribution in [0.1, 0.15) is 21.6 Å². The summed E-state index contributed by atoms with van der Waals surface area (Å²) in [5.74, 6) is 1.51. The molecule has 4 rings (SSSR count). The number of hydrogen-bond donors (Lipinski definition) is 2. The molecule has 0 unspecified atom stereocenters. The molecule has 142 valence electrons. The highest BCUT2D eigenvalue weighted by atomic mass is 16.6. The van der Waals surface area contributed by atoms with Gasteiger partial charge in [-0.15, -0.1) is 0 Å². The lowest BCUT2D eigenvalue weighted by molar-refractivity contribution is 0.102. The molecule has 0 fully saturated rings. The number of carbonyl (C=O) groups excluding carboxylic acids is 1. The molecule has 0 saturated carbocycles. The van der Waals surface area contributed by atoms with E-state index in [1.165, 1.54) is 11.9 Å². The predicted molar refractivity (Wildman–Crippen MR) is 107 cm³/mol. The van der Waals surface area contributed by atoms with E-state index >= 15 is 0 Å². The number of carbonyl (C=O) groups is 1. The van der Waals surface area contributed by atoms with Gasteiger partial charge in [0.2, 0.25) is 0 Å². The van der Waals surface area contributed by atoms with Crippen molar-refractivity contribution in [1.82, 2.24) is 9.97 Å². The van der Waals surface area contributed by atoms with Crippen molar-refractivity contribution in [3.8, 4) is 11.5 Å². The van der Waals surface area contributed by atoms with Crippen LogP contribution >= 0.6 is 0 Å². The number of hydrogen-bond acceptors (Lipinski definition) is 6. The molecule has 0 spiro atoms. The van der Waals surface area contributed by atoms with Gasteiger partial charge in [-0.25, -0.2) is 9.97 Å². The van der Waals surface area contributed by atoms with E-state index < -0.39 is 0 Å². The van der Waals surface area contributed by atoms with Crippen molar-refractivity contribution >= 4 is 23.1 Å². The number of rotatable bonds is 4. The number of fused-ring (bicyclic) bond motifs is 1. The molecule has 7 nitrogen and oxygen atoms in total. The summed E-state index contributed by atoms with van der Waals surface area (Å²) in [6.07, 6.45) is 1.37. The van der Waals surface area contributed by atoms with Gasteiger partial charge in [0.05, 0.1) is 0 Å². The van der Waals surface area contributed by atoms with Gasteiger partial charge in [-0.2, -0.15) is 0 Å². The molecule has 0 atom stereocenters. The van der Waals surface area contributed by atoms with E-state index in [0.717, 1.165) is 11.3 Å². The lowest BCUT2D eigenvalue weighted by Crippen LogP contribution is -2.17. The largest absolute Gasteiger partial charge is 0.486 e. The minimum Gasteiger partial charge on any atom is -0.486 e.